The molecule has 0 saturated heterocycles. The zero-order valence-corrected chi connectivity index (χ0v) is 12.1. The maximum absolute atomic E-state index is 11.2. The Morgan fingerprint density at radius 3 is 2.75 bits per heavy atom. The minimum atomic E-state index is -1.07. The quantitative estimate of drug-likeness (QED) is 0.918. The number of nitriles is 1. The minimum absolute atomic E-state index is 0.0665. The molecular formula is C15H10BrNO3. The lowest BCUT2D eigenvalue weighted by Crippen LogP contribution is -2.02. The Morgan fingerprint density at radius 2 is 2.10 bits per heavy atom. The van der Waals surface area contributed by atoms with E-state index >= 15 is 0 Å². The average molecular weight is 332 g/mol. The molecule has 0 spiro atoms. The molecule has 0 aromatic heterocycles. The van der Waals surface area contributed by atoms with Crippen LogP contribution >= 0.6 is 15.9 Å². The molecule has 1 N–H and O–H groups in total. The van der Waals surface area contributed by atoms with Gasteiger partial charge in [0, 0.05) is 4.47 Å². The SMILES string of the molecule is Cc1cccc(C(=O)O)c1Oc1ccc(Br)cc1C#N. The van der Waals surface area contributed by atoms with Crippen molar-refractivity contribution in [3.8, 4) is 17.6 Å². The molecule has 2 aromatic carbocycles. The van der Waals surface area contributed by atoms with Gasteiger partial charge in [0.15, 0.2) is 0 Å². The number of nitrogens with zero attached hydrogens (tertiary/aromatic N) is 1. The van der Waals surface area contributed by atoms with Crippen LogP contribution in [0, 0.1) is 18.3 Å². The van der Waals surface area contributed by atoms with Gasteiger partial charge in [-0.15, -0.1) is 0 Å². The molecule has 100 valence electrons. The first kappa shape index (κ1) is 14.1. The Kier molecular flexibility index (Phi) is 4.06. The number of hydrogen-bond donors (Lipinski definition) is 1. The topological polar surface area (TPSA) is 70.3 Å². The van der Waals surface area contributed by atoms with E-state index in [0.29, 0.717) is 16.9 Å². The van der Waals surface area contributed by atoms with Gasteiger partial charge in [-0.3, -0.25) is 0 Å². The predicted molar refractivity (Wildman–Crippen MR) is 77.1 cm³/mol. The largest absolute Gasteiger partial charge is 0.478 e. The molecule has 5 heteroatoms. The van der Waals surface area contributed by atoms with Gasteiger partial charge in [-0.05, 0) is 36.8 Å². The summed E-state index contributed by atoms with van der Waals surface area (Å²) in [7, 11) is 0. The van der Waals surface area contributed by atoms with Gasteiger partial charge in [-0.1, -0.05) is 28.1 Å². The molecule has 0 fully saturated rings. The van der Waals surface area contributed by atoms with E-state index in [1.807, 2.05) is 6.07 Å². The van der Waals surface area contributed by atoms with Gasteiger partial charge in [0.2, 0.25) is 0 Å². The van der Waals surface area contributed by atoms with Gasteiger partial charge in [0.1, 0.15) is 23.1 Å². The Labute approximate surface area is 124 Å². The van der Waals surface area contributed by atoms with Gasteiger partial charge in [0.25, 0.3) is 0 Å². The normalized spacial score (nSPS) is 9.85. The van der Waals surface area contributed by atoms with Crippen molar-refractivity contribution in [2.75, 3.05) is 0 Å². The van der Waals surface area contributed by atoms with Crippen LogP contribution in [0.5, 0.6) is 11.5 Å². The maximum atomic E-state index is 11.2. The average Bonchev–Trinajstić information content (AvgIpc) is 2.42. The van der Waals surface area contributed by atoms with E-state index in [2.05, 4.69) is 15.9 Å². The molecule has 0 aliphatic rings. The fraction of sp³-hybridized carbons (Fsp3) is 0.0667. The molecule has 0 aliphatic carbocycles. The van der Waals surface area contributed by atoms with Crippen LogP contribution in [-0.4, -0.2) is 11.1 Å². The first-order valence-corrected chi connectivity index (χ1v) is 6.52. The third kappa shape index (κ3) is 2.81. The monoisotopic (exact) mass is 331 g/mol. The van der Waals surface area contributed by atoms with Crippen LogP contribution in [0.2, 0.25) is 0 Å². The van der Waals surface area contributed by atoms with E-state index in [1.54, 1.807) is 37.3 Å². The molecule has 20 heavy (non-hydrogen) atoms. The number of rotatable bonds is 3. The third-order valence-corrected chi connectivity index (χ3v) is 3.21. The highest BCUT2D eigenvalue weighted by molar-refractivity contribution is 9.10. The van der Waals surface area contributed by atoms with Gasteiger partial charge >= 0.3 is 5.97 Å². The third-order valence-electron chi connectivity index (χ3n) is 2.72. The van der Waals surface area contributed by atoms with E-state index < -0.39 is 5.97 Å². The van der Waals surface area contributed by atoms with Crippen LogP contribution in [0.1, 0.15) is 21.5 Å². The first-order valence-electron chi connectivity index (χ1n) is 5.73. The van der Waals surface area contributed by atoms with Crippen molar-refractivity contribution in [3.05, 3.63) is 57.6 Å². The van der Waals surface area contributed by atoms with Crippen LogP contribution in [0.15, 0.2) is 40.9 Å². The predicted octanol–water partition coefficient (Wildman–Crippen LogP) is 4.12. The Balaban J connectivity index is 2.51. The zero-order chi connectivity index (χ0) is 14.7. The van der Waals surface area contributed by atoms with E-state index in [4.69, 9.17) is 10.00 Å². The lowest BCUT2D eigenvalue weighted by atomic mass is 10.1. The number of halogens is 1. The van der Waals surface area contributed by atoms with Gasteiger partial charge in [-0.2, -0.15) is 5.26 Å². The molecule has 0 saturated carbocycles. The summed E-state index contributed by atoms with van der Waals surface area (Å²) in [5.41, 5.74) is 1.09. The highest BCUT2D eigenvalue weighted by Crippen LogP contribution is 2.32. The summed E-state index contributed by atoms with van der Waals surface area (Å²) in [6.07, 6.45) is 0. The van der Waals surface area contributed by atoms with E-state index in [1.165, 1.54) is 6.07 Å². The highest BCUT2D eigenvalue weighted by Gasteiger charge is 2.15. The van der Waals surface area contributed by atoms with Crippen LogP contribution in [0.3, 0.4) is 0 Å². The van der Waals surface area contributed by atoms with Crippen molar-refractivity contribution in [1.29, 1.82) is 5.26 Å². The molecule has 0 heterocycles. The molecular weight excluding hydrogens is 322 g/mol. The summed E-state index contributed by atoms with van der Waals surface area (Å²) in [6, 6.07) is 11.9. The summed E-state index contributed by atoms with van der Waals surface area (Å²) < 4.78 is 6.41. The number of carbonyl (C=O) groups is 1. The number of benzene rings is 2. The second kappa shape index (κ2) is 5.76. The van der Waals surface area contributed by atoms with Crippen molar-refractivity contribution in [2.45, 2.75) is 6.92 Å². The lowest BCUT2D eigenvalue weighted by Gasteiger charge is -2.12. The van der Waals surface area contributed by atoms with Gasteiger partial charge in [-0.25, -0.2) is 4.79 Å². The summed E-state index contributed by atoms with van der Waals surface area (Å²) in [5.74, 6) is -0.495. The molecule has 0 unspecified atom stereocenters. The molecule has 2 rings (SSSR count). The first-order chi connectivity index (χ1) is 9.52. The Bertz CT molecular complexity index is 720. The number of carboxylic acid groups (broad SMARTS) is 1. The van der Waals surface area contributed by atoms with Gasteiger partial charge < -0.3 is 9.84 Å². The van der Waals surface area contributed by atoms with E-state index in [0.717, 1.165) is 4.47 Å². The number of hydrogen-bond acceptors (Lipinski definition) is 3. The van der Waals surface area contributed by atoms with E-state index in [-0.39, 0.29) is 11.3 Å². The van der Waals surface area contributed by atoms with E-state index in [9.17, 15) is 9.90 Å². The Morgan fingerprint density at radius 1 is 1.35 bits per heavy atom. The number of para-hydroxylation sites is 1. The van der Waals surface area contributed by atoms with Crippen molar-refractivity contribution in [3.63, 3.8) is 0 Å². The zero-order valence-electron chi connectivity index (χ0n) is 10.6. The maximum Gasteiger partial charge on any atom is 0.339 e. The smallest absolute Gasteiger partial charge is 0.339 e. The van der Waals surface area contributed by atoms with Crippen molar-refractivity contribution in [2.24, 2.45) is 0 Å². The summed E-state index contributed by atoms with van der Waals surface area (Å²) in [5, 5.41) is 18.3. The highest BCUT2D eigenvalue weighted by atomic mass is 79.9. The second-order valence-corrected chi connectivity index (χ2v) is 5.03. The molecule has 0 amide bonds. The number of ether oxygens (including phenoxy) is 1. The number of carboxylic acids is 1. The number of aryl methyl sites for hydroxylation is 1. The van der Waals surface area contributed by atoms with Crippen molar-refractivity contribution in [1.82, 2.24) is 0 Å². The molecule has 0 radical (unpaired) electrons. The van der Waals surface area contributed by atoms with Crippen LogP contribution < -0.4 is 4.74 Å². The summed E-state index contributed by atoms with van der Waals surface area (Å²) in [6.45, 7) is 1.76. The summed E-state index contributed by atoms with van der Waals surface area (Å²) in [4.78, 5) is 11.2. The van der Waals surface area contributed by atoms with Crippen LogP contribution in [-0.2, 0) is 0 Å². The fourth-order valence-corrected chi connectivity index (χ4v) is 2.11. The Hall–Kier alpha value is -2.32. The van der Waals surface area contributed by atoms with Crippen molar-refractivity contribution < 1.29 is 14.6 Å². The van der Waals surface area contributed by atoms with Crippen LogP contribution in [0.25, 0.3) is 0 Å². The minimum Gasteiger partial charge on any atom is -0.478 e. The standard InChI is InChI=1S/C15H10BrNO3/c1-9-3-2-4-12(15(18)19)14(9)20-13-6-5-11(16)7-10(13)8-17/h2-7H,1H3,(H,18,19). The van der Waals surface area contributed by atoms with Crippen molar-refractivity contribution >= 4 is 21.9 Å². The lowest BCUT2D eigenvalue weighted by molar-refractivity contribution is 0.0694. The fourth-order valence-electron chi connectivity index (χ4n) is 1.74. The molecule has 4 nitrogen and oxygen atoms in total. The molecule has 2 aromatic rings. The summed E-state index contributed by atoms with van der Waals surface area (Å²) >= 11 is 3.27. The molecule has 0 bridgehead atoms. The van der Waals surface area contributed by atoms with Gasteiger partial charge in [0.05, 0.1) is 5.56 Å². The second-order valence-electron chi connectivity index (χ2n) is 4.11. The van der Waals surface area contributed by atoms with Crippen LogP contribution in [0.4, 0.5) is 0 Å². The number of aromatic carboxylic acids is 1. The molecule has 0 aliphatic heterocycles. The molecule has 0 atom stereocenters.